The van der Waals surface area contributed by atoms with Crippen LogP contribution in [0.15, 0.2) is 11.6 Å². The third kappa shape index (κ3) is 6.88. The highest BCUT2D eigenvalue weighted by molar-refractivity contribution is 6.29. The van der Waals surface area contributed by atoms with Crippen molar-refractivity contribution in [2.75, 3.05) is 40.5 Å². The van der Waals surface area contributed by atoms with Crippen LogP contribution in [0.3, 0.4) is 0 Å². The number of ether oxygens (including phenoxy) is 2. The molecule has 5 heteroatoms. The largest absolute Gasteiger partial charge is 0.468 e. The second-order valence-corrected chi connectivity index (χ2v) is 3.33. The van der Waals surface area contributed by atoms with E-state index in [2.05, 4.69) is 11.3 Å². The fourth-order valence-corrected chi connectivity index (χ4v) is 1.09. The fourth-order valence-electron chi connectivity index (χ4n) is 0.924. The summed E-state index contributed by atoms with van der Waals surface area (Å²) in [5, 5.41) is 0.491. The first-order valence-corrected chi connectivity index (χ1v) is 4.59. The van der Waals surface area contributed by atoms with Gasteiger partial charge in [-0.25, -0.2) is 0 Å². The minimum atomic E-state index is -0.293. The van der Waals surface area contributed by atoms with Crippen LogP contribution >= 0.6 is 11.6 Å². The van der Waals surface area contributed by atoms with E-state index in [0.717, 1.165) is 0 Å². The Balaban J connectivity index is 3.96. The number of halogens is 1. The Bertz CT molecular complexity index is 196. The molecule has 0 saturated carbocycles. The lowest BCUT2D eigenvalue weighted by atomic mass is 10.4. The molecule has 0 aliphatic heterocycles. The first-order chi connectivity index (χ1) is 6.60. The monoisotopic (exact) mass is 221 g/mol. The molecule has 0 spiro atoms. The lowest BCUT2D eigenvalue weighted by molar-refractivity contribution is -0.141. The minimum absolute atomic E-state index is 0.200. The number of nitrogens with zero attached hydrogens (tertiary/aromatic N) is 1. The fraction of sp³-hybridized carbons (Fsp3) is 0.667. The molecule has 0 N–H and O–H groups in total. The Morgan fingerprint density at radius 2 is 2.07 bits per heavy atom. The van der Waals surface area contributed by atoms with E-state index in [1.54, 1.807) is 7.11 Å². The number of methoxy groups -OCH3 is 2. The second-order valence-electron chi connectivity index (χ2n) is 2.80. The lowest BCUT2D eigenvalue weighted by Crippen LogP contribution is -2.34. The summed E-state index contributed by atoms with van der Waals surface area (Å²) in [7, 11) is 2.96. The van der Waals surface area contributed by atoms with Crippen molar-refractivity contribution in [3.8, 4) is 0 Å². The molecule has 4 nitrogen and oxygen atoms in total. The predicted molar refractivity (Wildman–Crippen MR) is 55.3 cm³/mol. The lowest BCUT2D eigenvalue weighted by Gasteiger charge is -2.19. The van der Waals surface area contributed by atoms with Crippen molar-refractivity contribution in [2.45, 2.75) is 0 Å². The summed E-state index contributed by atoms with van der Waals surface area (Å²) < 4.78 is 9.45. The molecule has 0 saturated heterocycles. The molecule has 0 radical (unpaired) electrons. The molecular weight excluding hydrogens is 206 g/mol. The molecule has 0 aliphatic carbocycles. The average molecular weight is 222 g/mol. The van der Waals surface area contributed by atoms with Gasteiger partial charge < -0.3 is 9.47 Å². The van der Waals surface area contributed by atoms with Gasteiger partial charge >= 0.3 is 5.97 Å². The number of rotatable bonds is 7. The summed E-state index contributed by atoms with van der Waals surface area (Å²) in [6.45, 7) is 5.39. The number of hydrogen-bond acceptors (Lipinski definition) is 4. The summed E-state index contributed by atoms with van der Waals surface area (Å²) >= 11 is 5.65. The van der Waals surface area contributed by atoms with Crippen LogP contribution in [-0.2, 0) is 14.3 Å². The van der Waals surface area contributed by atoms with E-state index < -0.39 is 0 Å². The summed E-state index contributed by atoms with van der Waals surface area (Å²) in [4.78, 5) is 12.8. The van der Waals surface area contributed by atoms with Gasteiger partial charge in [0, 0.05) is 25.2 Å². The summed E-state index contributed by atoms with van der Waals surface area (Å²) in [6.07, 6.45) is 0. The van der Waals surface area contributed by atoms with Gasteiger partial charge in [-0.15, -0.1) is 0 Å². The quantitative estimate of drug-likeness (QED) is 0.598. The van der Waals surface area contributed by atoms with E-state index in [4.69, 9.17) is 16.3 Å². The van der Waals surface area contributed by atoms with E-state index in [1.165, 1.54) is 7.11 Å². The zero-order valence-corrected chi connectivity index (χ0v) is 9.34. The van der Waals surface area contributed by atoms with Gasteiger partial charge in [-0.1, -0.05) is 18.2 Å². The molecule has 0 aromatic rings. The predicted octanol–water partition coefficient (Wildman–Crippen LogP) is 0.860. The van der Waals surface area contributed by atoms with Crippen LogP contribution in [0.4, 0.5) is 0 Å². The first-order valence-electron chi connectivity index (χ1n) is 4.21. The zero-order chi connectivity index (χ0) is 11.0. The van der Waals surface area contributed by atoms with Crippen LogP contribution < -0.4 is 0 Å². The van der Waals surface area contributed by atoms with Crippen molar-refractivity contribution < 1.29 is 14.3 Å². The van der Waals surface area contributed by atoms with Crippen LogP contribution in [0.25, 0.3) is 0 Å². The molecule has 0 heterocycles. The second kappa shape index (κ2) is 7.79. The maximum Gasteiger partial charge on any atom is 0.319 e. The summed E-state index contributed by atoms with van der Waals surface area (Å²) in [5.74, 6) is -0.293. The Labute approximate surface area is 89.4 Å². The van der Waals surface area contributed by atoms with Crippen molar-refractivity contribution in [2.24, 2.45) is 0 Å². The summed E-state index contributed by atoms with van der Waals surface area (Å²) in [6, 6.07) is 0. The van der Waals surface area contributed by atoms with Crippen molar-refractivity contribution in [1.29, 1.82) is 0 Å². The average Bonchev–Trinajstić information content (AvgIpc) is 2.13. The molecule has 0 atom stereocenters. The highest BCUT2D eigenvalue weighted by Crippen LogP contribution is 2.01. The Morgan fingerprint density at radius 3 is 2.50 bits per heavy atom. The van der Waals surface area contributed by atoms with Crippen LogP contribution in [-0.4, -0.2) is 51.3 Å². The van der Waals surface area contributed by atoms with Crippen molar-refractivity contribution in [3.05, 3.63) is 11.6 Å². The Kier molecular flexibility index (Phi) is 7.47. The Hall–Kier alpha value is -0.580. The van der Waals surface area contributed by atoms with Crippen LogP contribution in [0, 0.1) is 0 Å². The first kappa shape index (κ1) is 13.4. The van der Waals surface area contributed by atoms with Crippen LogP contribution in [0.1, 0.15) is 0 Å². The normalized spacial score (nSPS) is 10.3. The molecule has 0 amide bonds. The topological polar surface area (TPSA) is 38.8 Å². The molecular formula is C9H16ClNO3. The maximum absolute atomic E-state index is 11.0. The third-order valence-corrected chi connectivity index (χ3v) is 1.71. The number of carbonyl (C=O) groups excluding carboxylic acids is 1. The molecule has 0 aromatic heterocycles. The molecule has 0 aromatic carbocycles. The van der Waals surface area contributed by atoms with Gasteiger partial charge in [0.05, 0.1) is 20.3 Å². The number of hydrogen-bond donors (Lipinski definition) is 0. The van der Waals surface area contributed by atoms with E-state index in [1.807, 2.05) is 4.90 Å². The van der Waals surface area contributed by atoms with Crippen molar-refractivity contribution >= 4 is 17.6 Å². The molecule has 14 heavy (non-hydrogen) atoms. The highest BCUT2D eigenvalue weighted by atomic mass is 35.5. The van der Waals surface area contributed by atoms with Gasteiger partial charge in [-0.3, -0.25) is 9.69 Å². The molecule has 82 valence electrons. The molecule has 0 aliphatic rings. The molecule has 0 unspecified atom stereocenters. The third-order valence-electron chi connectivity index (χ3n) is 1.59. The van der Waals surface area contributed by atoms with E-state index in [0.29, 0.717) is 24.7 Å². The number of esters is 1. The number of carbonyl (C=O) groups is 1. The maximum atomic E-state index is 11.0. The van der Waals surface area contributed by atoms with Gasteiger partial charge in [0.25, 0.3) is 0 Å². The van der Waals surface area contributed by atoms with Gasteiger partial charge in [0.1, 0.15) is 0 Å². The Morgan fingerprint density at radius 1 is 1.43 bits per heavy atom. The highest BCUT2D eigenvalue weighted by Gasteiger charge is 2.10. The van der Waals surface area contributed by atoms with E-state index in [9.17, 15) is 4.79 Å². The van der Waals surface area contributed by atoms with Gasteiger partial charge in [0.15, 0.2) is 0 Å². The SMILES string of the molecule is C=C(Cl)CN(CCOC)CC(=O)OC. The standard InChI is InChI=1S/C9H16ClNO3/c1-8(10)6-11(4-5-13-2)7-9(12)14-3/h1,4-7H2,2-3H3. The van der Waals surface area contributed by atoms with Crippen LogP contribution in [0.5, 0.6) is 0 Å². The molecule has 0 bridgehead atoms. The molecule has 0 fully saturated rings. The van der Waals surface area contributed by atoms with Gasteiger partial charge in [-0.05, 0) is 0 Å². The minimum Gasteiger partial charge on any atom is -0.468 e. The van der Waals surface area contributed by atoms with E-state index in [-0.39, 0.29) is 12.5 Å². The smallest absolute Gasteiger partial charge is 0.319 e. The van der Waals surface area contributed by atoms with Crippen molar-refractivity contribution in [3.63, 3.8) is 0 Å². The van der Waals surface area contributed by atoms with Gasteiger partial charge in [0.2, 0.25) is 0 Å². The molecule has 0 rings (SSSR count). The summed E-state index contributed by atoms with van der Waals surface area (Å²) in [5.41, 5.74) is 0. The van der Waals surface area contributed by atoms with Crippen molar-refractivity contribution in [1.82, 2.24) is 4.90 Å². The van der Waals surface area contributed by atoms with E-state index >= 15 is 0 Å². The van der Waals surface area contributed by atoms with Crippen LogP contribution in [0.2, 0.25) is 0 Å². The zero-order valence-electron chi connectivity index (χ0n) is 8.59. The van der Waals surface area contributed by atoms with Gasteiger partial charge in [-0.2, -0.15) is 0 Å².